The van der Waals surface area contributed by atoms with Crippen LogP contribution in [0.5, 0.6) is 0 Å². The van der Waals surface area contributed by atoms with Gasteiger partial charge in [0.25, 0.3) is 0 Å². The molecular weight excluding hydrogens is 230 g/mol. The standard InChI is InChI=1S/C14H19NO3/c15-8-7-11-4-1-2-6-13(11)14(16)18-10-12-5-3-9-17-12/h1-2,4,6,12H,3,5,7-10,15H2. The van der Waals surface area contributed by atoms with Gasteiger partial charge in [0.05, 0.1) is 11.7 Å². The van der Waals surface area contributed by atoms with E-state index in [0.29, 0.717) is 25.1 Å². The van der Waals surface area contributed by atoms with Crippen molar-refractivity contribution in [2.45, 2.75) is 25.4 Å². The minimum Gasteiger partial charge on any atom is -0.459 e. The third-order valence-corrected chi connectivity index (χ3v) is 3.08. The van der Waals surface area contributed by atoms with Crippen molar-refractivity contribution in [3.63, 3.8) is 0 Å². The van der Waals surface area contributed by atoms with Gasteiger partial charge in [-0.2, -0.15) is 0 Å². The molecule has 18 heavy (non-hydrogen) atoms. The summed E-state index contributed by atoms with van der Waals surface area (Å²) < 4.78 is 10.7. The number of esters is 1. The lowest BCUT2D eigenvalue weighted by Gasteiger charge is -2.12. The highest BCUT2D eigenvalue weighted by Crippen LogP contribution is 2.15. The van der Waals surface area contributed by atoms with E-state index in [1.54, 1.807) is 6.07 Å². The van der Waals surface area contributed by atoms with Crippen molar-refractivity contribution >= 4 is 5.97 Å². The lowest BCUT2D eigenvalue weighted by atomic mass is 10.0. The maximum atomic E-state index is 12.0. The molecule has 1 aliphatic heterocycles. The zero-order chi connectivity index (χ0) is 12.8. The van der Waals surface area contributed by atoms with Crippen LogP contribution in [-0.2, 0) is 15.9 Å². The van der Waals surface area contributed by atoms with Gasteiger partial charge in [-0.1, -0.05) is 18.2 Å². The van der Waals surface area contributed by atoms with E-state index in [-0.39, 0.29) is 12.1 Å². The molecule has 1 aliphatic rings. The molecule has 1 unspecified atom stereocenters. The normalized spacial score (nSPS) is 18.8. The van der Waals surface area contributed by atoms with Crippen LogP contribution in [0.2, 0.25) is 0 Å². The van der Waals surface area contributed by atoms with Gasteiger partial charge in [0.1, 0.15) is 6.61 Å². The zero-order valence-electron chi connectivity index (χ0n) is 10.4. The van der Waals surface area contributed by atoms with E-state index in [4.69, 9.17) is 15.2 Å². The van der Waals surface area contributed by atoms with E-state index >= 15 is 0 Å². The molecule has 1 atom stereocenters. The molecule has 1 aromatic rings. The molecule has 0 radical (unpaired) electrons. The molecule has 4 nitrogen and oxygen atoms in total. The molecule has 2 rings (SSSR count). The maximum absolute atomic E-state index is 12.0. The quantitative estimate of drug-likeness (QED) is 0.804. The van der Waals surface area contributed by atoms with Crippen LogP contribution >= 0.6 is 0 Å². The molecule has 1 aromatic carbocycles. The fourth-order valence-electron chi connectivity index (χ4n) is 2.12. The number of hydrogen-bond acceptors (Lipinski definition) is 4. The largest absolute Gasteiger partial charge is 0.459 e. The van der Waals surface area contributed by atoms with Gasteiger partial charge in [0, 0.05) is 6.61 Å². The average Bonchev–Trinajstić information content (AvgIpc) is 2.90. The molecule has 4 heteroatoms. The molecule has 1 heterocycles. The van der Waals surface area contributed by atoms with Crippen molar-refractivity contribution in [2.24, 2.45) is 5.73 Å². The Labute approximate surface area is 107 Å². The van der Waals surface area contributed by atoms with E-state index in [9.17, 15) is 4.79 Å². The Balaban J connectivity index is 1.94. The first kappa shape index (κ1) is 13.1. The number of nitrogens with two attached hydrogens (primary N) is 1. The molecule has 2 N–H and O–H groups in total. The predicted molar refractivity (Wildman–Crippen MR) is 68.5 cm³/mol. The van der Waals surface area contributed by atoms with Gasteiger partial charge < -0.3 is 15.2 Å². The molecule has 0 saturated carbocycles. The fraction of sp³-hybridized carbons (Fsp3) is 0.500. The first-order chi connectivity index (χ1) is 8.81. The summed E-state index contributed by atoms with van der Waals surface area (Å²) in [7, 11) is 0. The second kappa shape index (κ2) is 6.52. The molecule has 0 amide bonds. The van der Waals surface area contributed by atoms with Crippen LogP contribution in [0, 0.1) is 0 Å². The highest BCUT2D eigenvalue weighted by molar-refractivity contribution is 5.91. The number of carbonyl (C=O) groups is 1. The fourth-order valence-corrected chi connectivity index (χ4v) is 2.12. The van der Waals surface area contributed by atoms with Crippen LogP contribution in [0.1, 0.15) is 28.8 Å². The molecule has 0 aliphatic carbocycles. The maximum Gasteiger partial charge on any atom is 0.338 e. The number of ether oxygens (including phenoxy) is 2. The zero-order valence-corrected chi connectivity index (χ0v) is 10.4. The van der Waals surface area contributed by atoms with Crippen LogP contribution in [0.15, 0.2) is 24.3 Å². The molecule has 1 fully saturated rings. The average molecular weight is 249 g/mol. The first-order valence-electron chi connectivity index (χ1n) is 6.38. The van der Waals surface area contributed by atoms with Gasteiger partial charge in [-0.15, -0.1) is 0 Å². The third-order valence-electron chi connectivity index (χ3n) is 3.08. The Morgan fingerprint density at radius 3 is 3.00 bits per heavy atom. The van der Waals surface area contributed by atoms with Crippen molar-refractivity contribution < 1.29 is 14.3 Å². The van der Waals surface area contributed by atoms with E-state index in [1.807, 2.05) is 18.2 Å². The van der Waals surface area contributed by atoms with Gasteiger partial charge in [-0.25, -0.2) is 4.79 Å². The van der Waals surface area contributed by atoms with E-state index in [1.165, 1.54) is 0 Å². The predicted octanol–water partition coefficient (Wildman–Crippen LogP) is 1.52. The topological polar surface area (TPSA) is 61.6 Å². The number of carbonyl (C=O) groups excluding carboxylic acids is 1. The van der Waals surface area contributed by atoms with Gasteiger partial charge in [0.15, 0.2) is 0 Å². The highest BCUT2D eigenvalue weighted by atomic mass is 16.6. The minimum absolute atomic E-state index is 0.0654. The Hall–Kier alpha value is -1.39. The molecule has 0 bridgehead atoms. The Morgan fingerprint density at radius 1 is 1.44 bits per heavy atom. The summed E-state index contributed by atoms with van der Waals surface area (Å²) in [6.45, 7) is 1.64. The minimum atomic E-state index is -0.283. The van der Waals surface area contributed by atoms with E-state index < -0.39 is 0 Å². The molecular formula is C14H19NO3. The smallest absolute Gasteiger partial charge is 0.338 e. The number of benzene rings is 1. The summed E-state index contributed by atoms with van der Waals surface area (Å²) >= 11 is 0. The molecule has 1 saturated heterocycles. The monoisotopic (exact) mass is 249 g/mol. The van der Waals surface area contributed by atoms with Crippen LogP contribution < -0.4 is 5.73 Å². The lowest BCUT2D eigenvalue weighted by Crippen LogP contribution is -2.19. The van der Waals surface area contributed by atoms with Crippen LogP contribution in [0.25, 0.3) is 0 Å². The first-order valence-corrected chi connectivity index (χ1v) is 6.38. The Kier molecular flexibility index (Phi) is 4.73. The van der Waals surface area contributed by atoms with Gasteiger partial charge in [-0.05, 0) is 37.4 Å². The van der Waals surface area contributed by atoms with Gasteiger partial charge >= 0.3 is 5.97 Å². The summed E-state index contributed by atoms with van der Waals surface area (Å²) in [5.74, 6) is -0.283. The van der Waals surface area contributed by atoms with Crippen molar-refractivity contribution in [3.05, 3.63) is 35.4 Å². The summed E-state index contributed by atoms with van der Waals surface area (Å²) in [6, 6.07) is 7.43. The number of rotatable bonds is 5. The number of hydrogen-bond donors (Lipinski definition) is 1. The van der Waals surface area contributed by atoms with Crippen molar-refractivity contribution in [1.29, 1.82) is 0 Å². The van der Waals surface area contributed by atoms with Crippen molar-refractivity contribution in [1.82, 2.24) is 0 Å². The highest BCUT2D eigenvalue weighted by Gasteiger charge is 2.19. The van der Waals surface area contributed by atoms with Crippen LogP contribution in [-0.4, -0.2) is 31.8 Å². The van der Waals surface area contributed by atoms with Gasteiger partial charge in [0.2, 0.25) is 0 Å². The van der Waals surface area contributed by atoms with Crippen molar-refractivity contribution in [3.8, 4) is 0 Å². The Morgan fingerprint density at radius 2 is 2.28 bits per heavy atom. The summed E-state index contributed by atoms with van der Waals surface area (Å²) in [4.78, 5) is 12.0. The summed E-state index contributed by atoms with van der Waals surface area (Å²) in [5, 5.41) is 0. The van der Waals surface area contributed by atoms with E-state index in [0.717, 1.165) is 25.0 Å². The van der Waals surface area contributed by atoms with Crippen LogP contribution in [0.3, 0.4) is 0 Å². The summed E-state index contributed by atoms with van der Waals surface area (Å²) in [5.41, 5.74) is 7.08. The molecule has 0 aromatic heterocycles. The second-order valence-electron chi connectivity index (χ2n) is 4.43. The summed E-state index contributed by atoms with van der Waals surface area (Å²) in [6.07, 6.45) is 2.77. The third kappa shape index (κ3) is 3.31. The lowest BCUT2D eigenvalue weighted by molar-refractivity contribution is 0.0160. The molecule has 98 valence electrons. The van der Waals surface area contributed by atoms with E-state index in [2.05, 4.69) is 0 Å². The SMILES string of the molecule is NCCc1ccccc1C(=O)OCC1CCCO1. The molecule has 0 spiro atoms. The van der Waals surface area contributed by atoms with Crippen LogP contribution in [0.4, 0.5) is 0 Å². The second-order valence-corrected chi connectivity index (χ2v) is 4.43. The Bertz CT molecular complexity index is 400. The van der Waals surface area contributed by atoms with Crippen molar-refractivity contribution in [2.75, 3.05) is 19.8 Å². The van der Waals surface area contributed by atoms with Gasteiger partial charge in [-0.3, -0.25) is 0 Å².